The highest BCUT2D eigenvalue weighted by Crippen LogP contribution is 2.27. The minimum absolute atomic E-state index is 0.0813. The minimum Gasteiger partial charge on any atom is -0.492 e. The number of hydrogen-bond acceptors (Lipinski definition) is 6. The second-order valence-electron chi connectivity index (χ2n) is 5.81. The van der Waals surface area contributed by atoms with Gasteiger partial charge in [-0.2, -0.15) is 0 Å². The molecule has 1 unspecified atom stereocenters. The van der Waals surface area contributed by atoms with Crippen LogP contribution < -0.4 is 9.46 Å². The number of nitrogens with one attached hydrogen (secondary N) is 1. The van der Waals surface area contributed by atoms with Crippen LogP contribution in [-0.4, -0.2) is 34.0 Å². The number of rotatable bonds is 4. The fraction of sp³-hybridized carbons (Fsp3) is 0.222. The van der Waals surface area contributed by atoms with Crippen LogP contribution in [0.5, 0.6) is 5.75 Å². The molecule has 0 fully saturated rings. The predicted octanol–water partition coefficient (Wildman–Crippen LogP) is 1.53. The van der Waals surface area contributed by atoms with Crippen LogP contribution in [0.3, 0.4) is 0 Å². The van der Waals surface area contributed by atoms with Crippen LogP contribution in [0.15, 0.2) is 53.4 Å². The summed E-state index contributed by atoms with van der Waals surface area (Å²) >= 11 is 0. The maximum absolute atomic E-state index is 12.5. The molecule has 1 aliphatic rings. The first kappa shape index (κ1) is 17.9. The van der Waals surface area contributed by atoms with Gasteiger partial charge < -0.3 is 9.47 Å². The largest absolute Gasteiger partial charge is 0.492 e. The van der Waals surface area contributed by atoms with Gasteiger partial charge in [-0.05, 0) is 36.2 Å². The summed E-state index contributed by atoms with van der Waals surface area (Å²) in [5, 5.41) is 0. The molecule has 26 heavy (non-hydrogen) atoms. The zero-order valence-electron chi connectivity index (χ0n) is 14.0. The lowest BCUT2D eigenvalue weighted by atomic mass is 9.96. The number of fused-ring (bicyclic) bond motifs is 1. The van der Waals surface area contributed by atoms with Gasteiger partial charge in [0.2, 0.25) is 5.91 Å². The van der Waals surface area contributed by atoms with Crippen LogP contribution >= 0.6 is 0 Å². The van der Waals surface area contributed by atoms with Crippen molar-refractivity contribution in [1.29, 1.82) is 0 Å². The lowest BCUT2D eigenvalue weighted by molar-refractivity contribution is -0.124. The van der Waals surface area contributed by atoms with Crippen molar-refractivity contribution in [2.75, 3.05) is 13.7 Å². The van der Waals surface area contributed by atoms with E-state index in [1.807, 2.05) is 18.2 Å². The predicted molar refractivity (Wildman–Crippen MR) is 92.2 cm³/mol. The summed E-state index contributed by atoms with van der Waals surface area (Å²) in [6.45, 7) is 0.0978. The van der Waals surface area contributed by atoms with Gasteiger partial charge in [0.1, 0.15) is 12.4 Å². The number of carbonyl (C=O) groups excluding carboxylic acids is 2. The van der Waals surface area contributed by atoms with E-state index in [4.69, 9.17) is 4.74 Å². The van der Waals surface area contributed by atoms with E-state index in [2.05, 4.69) is 9.46 Å². The highest BCUT2D eigenvalue weighted by atomic mass is 32.2. The molecule has 0 radical (unpaired) electrons. The van der Waals surface area contributed by atoms with Crippen LogP contribution in [0.1, 0.15) is 15.9 Å². The highest BCUT2D eigenvalue weighted by molar-refractivity contribution is 7.90. The van der Waals surface area contributed by atoms with E-state index >= 15 is 0 Å². The Labute approximate surface area is 151 Å². The first-order valence-electron chi connectivity index (χ1n) is 7.86. The Morgan fingerprint density at radius 1 is 1.15 bits per heavy atom. The molecule has 1 atom stereocenters. The normalized spacial score (nSPS) is 16.1. The van der Waals surface area contributed by atoms with Crippen LogP contribution in [0.25, 0.3) is 0 Å². The van der Waals surface area contributed by atoms with Gasteiger partial charge in [0.25, 0.3) is 10.0 Å². The first-order valence-corrected chi connectivity index (χ1v) is 9.35. The van der Waals surface area contributed by atoms with Crippen molar-refractivity contribution in [2.45, 2.75) is 11.3 Å². The lowest BCUT2D eigenvalue weighted by Gasteiger charge is -2.24. The third kappa shape index (κ3) is 3.70. The van der Waals surface area contributed by atoms with Crippen molar-refractivity contribution in [3.8, 4) is 5.75 Å². The van der Waals surface area contributed by atoms with Crippen LogP contribution in [-0.2, 0) is 26.0 Å². The molecule has 1 amide bonds. The summed E-state index contributed by atoms with van der Waals surface area (Å²) in [5.74, 6) is -1.23. The average molecular weight is 375 g/mol. The van der Waals surface area contributed by atoms with E-state index in [9.17, 15) is 18.0 Å². The molecule has 0 spiro atoms. The van der Waals surface area contributed by atoms with E-state index in [-0.39, 0.29) is 17.1 Å². The molecular formula is C18H17NO6S. The Morgan fingerprint density at radius 2 is 1.92 bits per heavy atom. The van der Waals surface area contributed by atoms with Gasteiger partial charge in [-0.3, -0.25) is 4.79 Å². The highest BCUT2D eigenvalue weighted by Gasteiger charge is 2.29. The molecule has 1 aliphatic heterocycles. The number of sulfonamides is 1. The Balaban J connectivity index is 1.76. The van der Waals surface area contributed by atoms with Crippen molar-refractivity contribution in [3.05, 3.63) is 59.7 Å². The van der Waals surface area contributed by atoms with Crippen molar-refractivity contribution in [1.82, 2.24) is 4.72 Å². The average Bonchev–Trinajstić information content (AvgIpc) is 2.66. The van der Waals surface area contributed by atoms with Gasteiger partial charge in [-0.1, -0.05) is 24.3 Å². The van der Waals surface area contributed by atoms with Gasteiger partial charge in [-0.15, -0.1) is 0 Å². The fourth-order valence-corrected chi connectivity index (χ4v) is 3.77. The number of ether oxygens (including phenoxy) is 2. The second kappa shape index (κ2) is 7.17. The van der Waals surface area contributed by atoms with Gasteiger partial charge in [0, 0.05) is 0 Å². The molecule has 0 aliphatic carbocycles. The van der Waals surface area contributed by atoms with E-state index < -0.39 is 27.8 Å². The second-order valence-corrected chi connectivity index (χ2v) is 7.49. The van der Waals surface area contributed by atoms with E-state index in [1.54, 1.807) is 6.07 Å². The van der Waals surface area contributed by atoms with E-state index in [1.165, 1.54) is 25.3 Å². The Kier molecular flexibility index (Phi) is 4.94. The summed E-state index contributed by atoms with van der Waals surface area (Å²) in [4.78, 5) is 23.8. The van der Waals surface area contributed by atoms with E-state index in [0.29, 0.717) is 12.2 Å². The molecular weight excluding hydrogens is 358 g/mol. The summed E-state index contributed by atoms with van der Waals surface area (Å²) in [6.07, 6.45) is 0.389. The molecule has 0 aromatic heterocycles. The Hall–Kier alpha value is -2.87. The van der Waals surface area contributed by atoms with Crippen molar-refractivity contribution in [2.24, 2.45) is 5.92 Å². The van der Waals surface area contributed by atoms with Crippen LogP contribution in [0, 0.1) is 5.92 Å². The molecule has 0 bridgehead atoms. The van der Waals surface area contributed by atoms with Gasteiger partial charge >= 0.3 is 5.97 Å². The minimum atomic E-state index is -4.11. The van der Waals surface area contributed by atoms with Gasteiger partial charge in [-0.25, -0.2) is 17.9 Å². The smallest absolute Gasteiger partial charge is 0.337 e. The standard InChI is InChI=1S/C18H17NO6S/c1-24-18(21)13-6-4-7-15(10-13)26(22,23)19-17(20)14-9-12-5-2-3-8-16(12)25-11-14/h2-8,10,14H,9,11H2,1H3,(H,19,20). The zero-order valence-corrected chi connectivity index (χ0v) is 14.8. The molecule has 136 valence electrons. The molecule has 7 nitrogen and oxygen atoms in total. The first-order chi connectivity index (χ1) is 12.4. The number of carbonyl (C=O) groups is 2. The quantitative estimate of drug-likeness (QED) is 0.814. The third-order valence-electron chi connectivity index (χ3n) is 4.05. The van der Waals surface area contributed by atoms with E-state index in [0.717, 1.165) is 11.6 Å². The molecule has 8 heteroatoms. The monoisotopic (exact) mass is 375 g/mol. The summed E-state index contributed by atoms with van der Waals surface area (Å²) < 4.78 is 37.1. The lowest BCUT2D eigenvalue weighted by Crippen LogP contribution is -2.40. The van der Waals surface area contributed by atoms with Crippen molar-refractivity contribution >= 4 is 21.9 Å². The number of amides is 1. The van der Waals surface area contributed by atoms with Crippen LogP contribution in [0.2, 0.25) is 0 Å². The maximum Gasteiger partial charge on any atom is 0.337 e. The zero-order chi connectivity index (χ0) is 18.7. The number of esters is 1. The molecule has 2 aromatic carbocycles. The van der Waals surface area contributed by atoms with Crippen molar-refractivity contribution in [3.63, 3.8) is 0 Å². The summed E-state index contributed by atoms with van der Waals surface area (Å²) in [6, 6.07) is 12.6. The Morgan fingerprint density at radius 3 is 2.69 bits per heavy atom. The number of hydrogen-bond donors (Lipinski definition) is 1. The fourth-order valence-electron chi connectivity index (χ4n) is 2.68. The van der Waals surface area contributed by atoms with Gasteiger partial charge in [0.15, 0.2) is 0 Å². The van der Waals surface area contributed by atoms with Gasteiger partial charge in [0.05, 0.1) is 23.5 Å². The molecule has 0 saturated heterocycles. The van der Waals surface area contributed by atoms with Crippen molar-refractivity contribution < 1.29 is 27.5 Å². The molecule has 1 N–H and O–H groups in total. The Bertz CT molecular complexity index is 954. The molecule has 0 saturated carbocycles. The molecule has 3 rings (SSSR count). The third-order valence-corrected chi connectivity index (χ3v) is 5.39. The summed E-state index contributed by atoms with van der Waals surface area (Å²) in [7, 11) is -2.91. The van der Waals surface area contributed by atoms with Crippen LogP contribution in [0.4, 0.5) is 0 Å². The number of benzene rings is 2. The maximum atomic E-state index is 12.5. The number of methoxy groups -OCH3 is 1. The summed E-state index contributed by atoms with van der Waals surface area (Å²) in [5.41, 5.74) is 0.932. The SMILES string of the molecule is COC(=O)c1cccc(S(=O)(=O)NC(=O)C2COc3ccccc3C2)c1. The molecule has 1 heterocycles. The number of para-hydroxylation sites is 1. The topological polar surface area (TPSA) is 98.8 Å². The molecule has 2 aromatic rings.